The number of nitrogens with one attached hydrogen (secondary N) is 2. The van der Waals surface area contributed by atoms with Crippen LogP contribution in [0.4, 0.5) is 0 Å². The Labute approximate surface area is 320 Å². The minimum absolute atomic E-state index is 0.150. The minimum atomic E-state index is -1.35. The quantitative estimate of drug-likeness (QED) is 0.0606. The van der Waals surface area contributed by atoms with Crippen LogP contribution in [0.5, 0.6) is 11.5 Å². The Hall–Kier alpha value is -4.80. The molecule has 6 rings (SSSR count). The number of aliphatic hydroxyl groups excluding tert-OH is 6. The first-order valence-corrected chi connectivity index (χ1v) is 18.3. The van der Waals surface area contributed by atoms with Gasteiger partial charge in [-0.2, -0.15) is 0 Å². The molecule has 0 saturated carbocycles. The van der Waals surface area contributed by atoms with Gasteiger partial charge in [0.2, 0.25) is 11.8 Å². The number of fused-ring (bicyclic) bond motifs is 1. The summed E-state index contributed by atoms with van der Waals surface area (Å²) in [4.78, 5) is 23.4. The summed E-state index contributed by atoms with van der Waals surface area (Å²) in [5, 5.41) is 84.4. The Bertz CT molecular complexity index is 1790. The van der Waals surface area contributed by atoms with Crippen LogP contribution in [-0.4, -0.2) is 147 Å². The van der Waals surface area contributed by atoms with Crippen molar-refractivity contribution in [3.8, 4) is 11.5 Å². The van der Waals surface area contributed by atoms with Gasteiger partial charge in [-0.15, -0.1) is 10.2 Å². The molecule has 2 aliphatic heterocycles. The first kappa shape index (κ1) is 40.9. The van der Waals surface area contributed by atoms with Gasteiger partial charge in [0.1, 0.15) is 72.7 Å². The maximum atomic E-state index is 11.7. The average Bonchev–Trinajstić information content (AvgIpc) is 3.85. The van der Waals surface area contributed by atoms with E-state index in [2.05, 4.69) is 31.3 Å². The maximum Gasteiger partial charge on any atom is 0.217 e. The van der Waals surface area contributed by atoms with Crippen LogP contribution >= 0.6 is 0 Å². The van der Waals surface area contributed by atoms with E-state index in [4.69, 9.17) is 18.9 Å². The third-order valence-electron chi connectivity index (χ3n) is 9.81. The van der Waals surface area contributed by atoms with Gasteiger partial charge in [0.15, 0.2) is 0 Å². The van der Waals surface area contributed by atoms with Gasteiger partial charge < -0.3 is 60.2 Å². The van der Waals surface area contributed by atoms with E-state index in [1.165, 1.54) is 13.8 Å². The van der Waals surface area contributed by atoms with Gasteiger partial charge in [-0.3, -0.25) is 19.0 Å². The number of amides is 2. The van der Waals surface area contributed by atoms with Crippen LogP contribution in [0.1, 0.15) is 38.1 Å². The number of carbonyl (C=O) groups is 2. The number of ether oxygens (including phenoxy) is 4. The van der Waals surface area contributed by atoms with E-state index in [1.807, 2.05) is 36.4 Å². The zero-order chi connectivity index (χ0) is 39.9. The summed E-state index contributed by atoms with van der Waals surface area (Å²) in [7, 11) is 0. The molecule has 20 nitrogen and oxygen atoms in total. The summed E-state index contributed by atoms with van der Waals surface area (Å²) in [5.74, 6) is 0.467. The van der Waals surface area contributed by atoms with Crippen molar-refractivity contribution in [3.63, 3.8) is 0 Å². The van der Waals surface area contributed by atoms with E-state index < -0.39 is 74.1 Å². The summed E-state index contributed by atoms with van der Waals surface area (Å²) >= 11 is 0. The Balaban J connectivity index is 0.974. The summed E-state index contributed by atoms with van der Waals surface area (Å²) < 4.78 is 26.7. The highest BCUT2D eigenvalue weighted by Gasteiger charge is 2.45. The molecule has 10 atom stereocenters. The van der Waals surface area contributed by atoms with Crippen molar-refractivity contribution in [2.24, 2.45) is 0 Å². The molecule has 20 heteroatoms. The van der Waals surface area contributed by atoms with Gasteiger partial charge in [-0.1, -0.05) is 22.6 Å². The number of aliphatic hydroxyl groups is 6. The van der Waals surface area contributed by atoms with E-state index in [0.29, 0.717) is 48.8 Å². The van der Waals surface area contributed by atoms with Gasteiger partial charge >= 0.3 is 0 Å². The highest BCUT2D eigenvalue weighted by molar-refractivity contribution is 5.85. The molecule has 2 fully saturated rings. The van der Waals surface area contributed by atoms with Crippen LogP contribution < -0.4 is 20.1 Å². The largest absolute Gasteiger partial charge is 0.487 e. The lowest BCUT2D eigenvalue weighted by Crippen LogP contribution is -2.64. The van der Waals surface area contributed by atoms with Crippen LogP contribution in [0.25, 0.3) is 10.8 Å². The van der Waals surface area contributed by atoms with E-state index in [0.717, 1.165) is 10.8 Å². The van der Waals surface area contributed by atoms with Crippen LogP contribution in [0, 0.1) is 0 Å². The highest BCUT2D eigenvalue weighted by atomic mass is 16.5. The molecule has 2 aromatic heterocycles. The number of rotatable bonds is 16. The number of hydrogen-bond acceptors (Lipinski definition) is 16. The lowest BCUT2D eigenvalue weighted by Gasteiger charge is -2.42. The van der Waals surface area contributed by atoms with E-state index in [-0.39, 0.29) is 25.0 Å². The molecule has 2 aromatic carbocycles. The van der Waals surface area contributed by atoms with Gasteiger partial charge in [0.05, 0.1) is 49.9 Å². The van der Waals surface area contributed by atoms with Crippen molar-refractivity contribution in [2.45, 2.75) is 114 Å². The van der Waals surface area contributed by atoms with Crippen LogP contribution in [0.2, 0.25) is 0 Å². The fraction of sp³-hybridized carbons (Fsp3) is 0.556. The molecule has 2 amide bonds. The molecular formula is C36H48N8O12. The highest BCUT2D eigenvalue weighted by Crippen LogP contribution is 2.27. The third kappa shape index (κ3) is 9.95. The van der Waals surface area contributed by atoms with Crippen LogP contribution in [0.15, 0.2) is 48.8 Å². The SMILES string of the molecule is CC(=O)N[C@@H]1[C@@H](O)[C@H](O)[C@@H](CO)O[C@H]1CCn1cc(COc2ccc3cc(OCc4cn(CC[C@@H]5O[C@H](CO)[C@@H](O)[C@H](O)[C@H]5NC(C)=O)nn4)ccc3c2)nn1. The van der Waals surface area contributed by atoms with Gasteiger partial charge in [-0.25, -0.2) is 0 Å². The second-order valence-corrected chi connectivity index (χ2v) is 14.0. The molecule has 4 aromatic rings. The predicted octanol–water partition coefficient (Wildman–Crippen LogP) is -2.07. The molecule has 2 saturated heterocycles. The Kier molecular flexibility index (Phi) is 13.4. The lowest BCUT2D eigenvalue weighted by atomic mass is 9.91. The van der Waals surface area contributed by atoms with Crippen molar-refractivity contribution >= 4 is 22.6 Å². The normalized spacial score (nSPS) is 27.9. The Morgan fingerprint density at radius 2 is 1.07 bits per heavy atom. The Morgan fingerprint density at radius 1 is 0.661 bits per heavy atom. The van der Waals surface area contributed by atoms with Crippen LogP contribution in [0.3, 0.4) is 0 Å². The molecule has 304 valence electrons. The zero-order valence-electron chi connectivity index (χ0n) is 30.9. The van der Waals surface area contributed by atoms with Crippen molar-refractivity contribution in [3.05, 3.63) is 60.2 Å². The molecule has 0 bridgehead atoms. The minimum Gasteiger partial charge on any atom is -0.487 e. The fourth-order valence-corrected chi connectivity index (χ4v) is 6.95. The summed E-state index contributed by atoms with van der Waals surface area (Å²) in [5.41, 5.74) is 1.14. The van der Waals surface area contributed by atoms with Crippen molar-refractivity contribution in [1.29, 1.82) is 0 Å². The monoisotopic (exact) mass is 784 g/mol. The van der Waals surface area contributed by atoms with Crippen molar-refractivity contribution in [2.75, 3.05) is 13.2 Å². The number of hydrogen-bond donors (Lipinski definition) is 8. The molecular weight excluding hydrogens is 736 g/mol. The molecule has 4 heterocycles. The van der Waals surface area contributed by atoms with Crippen molar-refractivity contribution < 1.29 is 59.2 Å². The zero-order valence-corrected chi connectivity index (χ0v) is 30.9. The summed E-state index contributed by atoms with van der Waals surface area (Å²) in [6.45, 7) is 2.60. The molecule has 2 aliphatic rings. The lowest BCUT2D eigenvalue weighted by molar-refractivity contribution is -0.197. The second kappa shape index (κ2) is 18.4. The van der Waals surface area contributed by atoms with E-state index in [9.17, 15) is 40.2 Å². The summed E-state index contributed by atoms with van der Waals surface area (Å²) in [6.07, 6.45) is -4.58. The third-order valence-corrected chi connectivity index (χ3v) is 9.81. The molecule has 0 radical (unpaired) electrons. The van der Waals surface area contributed by atoms with Gasteiger partial charge in [-0.05, 0) is 47.9 Å². The van der Waals surface area contributed by atoms with E-state index in [1.54, 1.807) is 21.8 Å². The number of carbonyl (C=O) groups excluding carboxylic acids is 2. The smallest absolute Gasteiger partial charge is 0.217 e. The first-order chi connectivity index (χ1) is 26.9. The molecule has 8 N–H and O–H groups in total. The number of aromatic nitrogens is 6. The van der Waals surface area contributed by atoms with E-state index >= 15 is 0 Å². The predicted molar refractivity (Wildman–Crippen MR) is 193 cm³/mol. The van der Waals surface area contributed by atoms with Crippen LogP contribution in [-0.2, 0) is 45.4 Å². The second-order valence-electron chi connectivity index (χ2n) is 14.0. The van der Waals surface area contributed by atoms with Crippen molar-refractivity contribution in [1.82, 2.24) is 40.6 Å². The fourth-order valence-electron chi connectivity index (χ4n) is 6.95. The average molecular weight is 785 g/mol. The van der Waals surface area contributed by atoms with Gasteiger partial charge in [0, 0.05) is 26.9 Å². The molecule has 0 unspecified atom stereocenters. The maximum absolute atomic E-state index is 11.7. The van der Waals surface area contributed by atoms with Gasteiger partial charge in [0.25, 0.3) is 0 Å². The number of nitrogens with zero attached hydrogens (tertiary/aromatic N) is 6. The number of benzene rings is 2. The molecule has 0 spiro atoms. The topological polar surface area (TPSA) is 278 Å². The standard InChI is InChI=1S/C36H48N8O12/c1-19(47)37-31-27(55-29(15-45)33(49)35(31)51)7-9-43-13-23(39-41-43)17-53-25-5-3-22-12-26(6-4-21(22)11-25)54-18-24-14-44(42-40-24)10-8-28-32(38-20(2)48)36(52)34(50)30(16-46)56-28/h3-6,11-14,27-36,45-46,49-52H,7-10,15-18H2,1-2H3,(H,37,47)(H,38,48)/t27-,28-,29+,30+,31-,32-,33+,34+,35+,36+/m0/s1. The Morgan fingerprint density at radius 3 is 1.45 bits per heavy atom. The first-order valence-electron chi connectivity index (χ1n) is 18.3. The number of aryl methyl sites for hydroxylation is 2. The summed E-state index contributed by atoms with van der Waals surface area (Å²) in [6, 6.07) is 9.54. The molecule has 0 aliphatic carbocycles. The molecule has 56 heavy (non-hydrogen) atoms.